The van der Waals surface area contributed by atoms with Crippen LogP contribution < -0.4 is 15.7 Å². The van der Waals surface area contributed by atoms with Crippen molar-refractivity contribution < 1.29 is 0 Å². The molecule has 4 aliphatic rings. The van der Waals surface area contributed by atoms with Crippen LogP contribution >= 0.6 is 0 Å². The number of hydrogen-bond acceptors (Lipinski definition) is 1. The molecule has 69 heavy (non-hydrogen) atoms. The molecule has 0 radical (unpaired) electrons. The number of fused-ring (bicyclic) bond motifs is 17. The van der Waals surface area contributed by atoms with Crippen molar-refractivity contribution in [2.75, 3.05) is 4.81 Å². The zero-order chi connectivity index (χ0) is 46.6. The van der Waals surface area contributed by atoms with Gasteiger partial charge in [-0.2, -0.15) is 0 Å². The summed E-state index contributed by atoms with van der Waals surface area (Å²) < 4.78 is 5.27. The number of para-hydroxylation sites is 2. The zero-order valence-corrected chi connectivity index (χ0v) is 40.8. The summed E-state index contributed by atoms with van der Waals surface area (Å²) in [7, 11) is 0. The fourth-order valence-electron chi connectivity index (χ4n) is 14.0. The van der Waals surface area contributed by atoms with Gasteiger partial charge in [-0.1, -0.05) is 156 Å². The van der Waals surface area contributed by atoms with Gasteiger partial charge in [0.2, 0.25) is 0 Å². The third-order valence-corrected chi connectivity index (χ3v) is 17.6. The molecule has 0 saturated heterocycles. The fourth-order valence-corrected chi connectivity index (χ4v) is 14.0. The van der Waals surface area contributed by atoms with E-state index < -0.39 is 0 Å². The Morgan fingerprint density at radius 1 is 0.435 bits per heavy atom. The van der Waals surface area contributed by atoms with Crippen LogP contribution in [0.2, 0.25) is 0 Å². The second-order valence-electron chi connectivity index (χ2n) is 22.9. The molecule has 0 bridgehead atoms. The van der Waals surface area contributed by atoms with Gasteiger partial charge in [0.25, 0.3) is 0 Å². The number of benzene rings is 9. The van der Waals surface area contributed by atoms with Gasteiger partial charge in [-0.3, -0.25) is 0 Å². The predicted octanol–water partition coefficient (Wildman–Crippen LogP) is 15.5. The molecular formula is C65H54BN3. The smallest absolute Gasteiger partial charge is 0.333 e. The number of aromatic nitrogens is 2. The number of hydrogen-bond donors (Lipinski definition) is 0. The molecule has 11 aromatic rings. The van der Waals surface area contributed by atoms with E-state index in [1.807, 2.05) is 0 Å². The second-order valence-corrected chi connectivity index (χ2v) is 22.9. The van der Waals surface area contributed by atoms with Crippen molar-refractivity contribution in [2.24, 2.45) is 0 Å². The Hall–Kier alpha value is -7.30. The second kappa shape index (κ2) is 13.1. The average molecular weight is 888 g/mol. The molecule has 0 spiro atoms. The molecule has 332 valence electrons. The summed E-state index contributed by atoms with van der Waals surface area (Å²) in [6, 6.07) is 61.5. The van der Waals surface area contributed by atoms with Crippen molar-refractivity contribution in [1.82, 2.24) is 9.13 Å². The maximum Gasteiger partial charge on any atom is 0.333 e. The van der Waals surface area contributed by atoms with Crippen LogP contribution in [-0.4, -0.2) is 16.0 Å². The molecule has 0 amide bonds. The van der Waals surface area contributed by atoms with Crippen LogP contribution in [0.3, 0.4) is 0 Å². The predicted molar refractivity (Wildman–Crippen MR) is 294 cm³/mol. The molecular weight excluding hydrogens is 834 g/mol. The highest BCUT2D eigenvalue weighted by atomic mass is 15.1. The third kappa shape index (κ3) is 4.99. The number of rotatable bonds is 2. The molecule has 9 aromatic carbocycles. The largest absolute Gasteiger partial charge is 0.376 e. The molecule has 2 aliphatic heterocycles. The molecule has 0 N–H and O–H groups in total. The topological polar surface area (TPSA) is 13.1 Å². The lowest BCUT2D eigenvalue weighted by atomic mass is 9.43. The molecule has 4 heteroatoms. The molecule has 0 saturated carbocycles. The van der Waals surface area contributed by atoms with E-state index in [0.29, 0.717) is 0 Å². The Kier molecular flexibility index (Phi) is 7.51. The van der Waals surface area contributed by atoms with Gasteiger partial charge in [-0.05, 0) is 147 Å². The van der Waals surface area contributed by atoms with Crippen molar-refractivity contribution >= 4 is 83.5 Å². The van der Waals surface area contributed by atoms with E-state index in [1.165, 1.54) is 157 Å². The molecule has 0 atom stereocenters. The Morgan fingerprint density at radius 2 is 1.06 bits per heavy atom. The minimum Gasteiger partial charge on any atom is -0.376 e. The van der Waals surface area contributed by atoms with E-state index in [2.05, 4.69) is 227 Å². The Bertz CT molecular complexity index is 4080. The first-order valence-corrected chi connectivity index (χ1v) is 25.2. The van der Waals surface area contributed by atoms with Gasteiger partial charge in [0.15, 0.2) is 0 Å². The number of aryl methyl sites for hydroxylation is 2. The summed E-state index contributed by atoms with van der Waals surface area (Å²) in [5, 5.41) is 7.66. The van der Waals surface area contributed by atoms with Crippen LogP contribution in [0.25, 0.3) is 88.0 Å². The lowest BCUT2D eigenvalue weighted by molar-refractivity contribution is 0.331. The highest BCUT2D eigenvalue weighted by molar-refractivity contribution is 6.93. The molecule has 2 aromatic heterocycles. The quantitative estimate of drug-likeness (QED) is 0.158. The van der Waals surface area contributed by atoms with Gasteiger partial charge < -0.3 is 13.9 Å². The van der Waals surface area contributed by atoms with Crippen molar-refractivity contribution in [2.45, 2.75) is 84.5 Å². The summed E-state index contributed by atoms with van der Waals surface area (Å²) in [6.07, 6.45) is 2.39. The third-order valence-electron chi connectivity index (χ3n) is 17.6. The maximum atomic E-state index is 2.73. The maximum absolute atomic E-state index is 2.73. The Labute approximate surface area is 404 Å². The van der Waals surface area contributed by atoms with E-state index in [9.17, 15) is 0 Å². The first kappa shape index (κ1) is 39.7. The molecule has 3 nitrogen and oxygen atoms in total. The summed E-state index contributed by atoms with van der Waals surface area (Å²) >= 11 is 0. The fraction of sp³-hybridized carbons (Fsp3) is 0.200. The highest BCUT2D eigenvalue weighted by Crippen LogP contribution is 2.58. The number of anilines is 2. The standard InChI is InChI=1S/C65H54BN3/c1-37-21-25-40(26-22-37)69-57-36-50-45(46-33-51-52(35-49(46)65(50,7)8)64(5,6)30-29-63(51,3)4)32-47(57)48-34-58(67-54-19-13-11-17-42(54)43-18-12-14-20-55(43)67)59-44-27-24-39-15-9-10-16-41(39)61(44)68-56-28-23-38(2)31-53(56)66(69)60(48)62(59)68/h9-28,31-36H,29-30H2,1-8H3. The van der Waals surface area contributed by atoms with Gasteiger partial charge in [0.05, 0.1) is 27.8 Å². The van der Waals surface area contributed by atoms with Crippen LogP contribution in [0.4, 0.5) is 11.4 Å². The van der Waals surface area contributed by atoms with Crippen molar-refractivity contribution in [3.8, 4) is 33.6 Å². The monoisotopic (exact) mass is 887 g/mol. The number of nitrogens with zero attached hydrogens (tertiary/aromatic N) is 3. The summed E-state index contributed by atoms with van der Waals surface area (Å²) in [5.41, 5.74) is 26.6. The minimum atomic E-state index is -0.196. The summed E-state index contributed by atoms with van der Waals surface area (Å²) in [4.78, 5) is 2.73. The van der Waals surface area contributed by atoms with Gasteiger partial charge in [0, 0.05) is 55.0 Å². The first-order chi connectivity index (χ1) is 33.3. The Balaban J connectivity index is 1.16. The minimum absolute atomic E-state index is 0.0817. The van der Waals surface area contributed by atoms with Crippen LogP contribution in [0.1, 0.15) is 87.8 Å². The van der Waals surface area contributed by atoms with Crippen LogP contribution in [0.15, 0.2) is 158 Å². The van der Waals surface area contributed by atoms with E-state index in [1.54, 1.807) is 0 Å². The van der Waals surface area contributed by atoms with Crippen molar-refractivity contribution in [3.05, 3.63) is 191 Å². The lowest BCUT2D eigenvalue weighted by Gasteiger charge is -2.43. The van der Waals surface area contributed by atoms with E-state index in [-0.39, 0.29) is 23.1 Å². The van der Waals surface area contributed by atoms with Gasteiger partial charge in [0.1, 0.15) is 0 Å². The van der Waals surface area contributed by atoms with Crippen LogP contribution in [0, 0.1) is 13.8 Å². The molecule has 2 aliphatic carbocycles. The molecule has 0 unspecified atom stereocenters. The van der Waals surface area contributed by atoms with Crippen molar-refractivity contribution in [3.63, 3.8) is 0 Å². The SMILES string of the molecule is Cc1ccc(N2B3c4cc(C)ccc4-n4c5c3c(cc(-n3c6ccccc6c6ccccc63)c5c3ccc5ccccc5c34)-c3cc4c(cc32)C(C)(C)c2cc3c(cc2-4)C(C)(C)CCC3(C)C)cc1. The summed E-state index contributed by atoms with van der Waals surface area (Å²) in [6.45, 7) is 19.2. The zero-order valence-electron chi connectivity index (χ0n) is 40.8. The normalized spacial score (nSPS) is 16.6. The summed E-state index contributed by atoms with van der Waals surface area (Å²) in [5.74, 6) is 0. The van der Waals surface area contributed by atoms with E-state index in [4.69, 9.17) is 0 Å². The van der Waals surface area contributed by atoms with Crippen LogP contribution in [0.5, 0.6) is 0 Å². The van der Waals surface area contributed by atoms with E-state index in [0.717, 1.165) is 0 Å². The molecule has 15 rings (SSSR count). The Morgan fingerprint density at radius 3 is 1.78 bits per heavy atom. The highest BCUT2D eigenvalue weighted by Gasteiger charge is 2.48. The van der Waals surface area contributed by atoms with Crippen molar-refractivity contribution in [1.29, 1.82) is 0 Å². The van der Waals surface area contributed by atoms with Crippen LogP contribution in [-0.2, 0) is 16.2 Å². The first-order valence-electron chi connectivity index (χ1n) is 25.2. The molecule has 0 fully saturated rings. The van der Waals surface area contributed by atoms with E-state index >= 15 is 0 Å². The van der Waals surface area contributed by atoms with Gasteiger partial charge >= 0.3 is 6.85 Å². The van der Waals surface area contributed by atoms with Gasteiger partial charge in [-0.25, -0.2) is 0 Å². The molecule has 4 heterocycles. The van der Waals surface area contributed by atoms with Gasteiger partial charge in [-0.15, -0.1) is 0 Å². The lowest BCUT2D eigenvalue weighted by Crippen LogP contribution is -2.60. The average Bonchev–Trinajstić information content (AvgIpc) is 3.95.